The van der Waals surface area contributed by atoms with Crippen LogP contribution in [0.2, 0.25) is 0 Å². The summed E-state index contributed by atoms with van der Waals surface area (Å²) in [6.07, 6.45) is 1.09. The van der Waals surface area contributed by atoms with E-state index >= 15 is 0 Å². The summed E-state index contributed by atoms with van der Waals surface area (Å²) in [5.41, 5.74) is 1.94. The fourth-order valence-corrected chi connectivity index (χ4v) is 11.7. The van der Waals surface area contributed by atoms with Crippen molar-refractivity contribution in [3.05, 3.63) is 132 Å². The minimum atomic E-state index is -2.36. The molecule has 2 heterocycles. The van der Waals surface area contributed by atoms with Crippen LogP contribution in [0.25, 0.3) is 0 Å². The van der Waals surface area contributed by atoms with Gasteiger partial charge in [-0.05, 0) is 54.1 Å². The maximum atomic E-state index is 14.0. The second kappa shape index (κ2) is 14.6. The van der Waals surface area contributed by atoms with Crippen molar-refractivity contribution in [1.29, 1.82) is 0 Å². The highest BCUT2D eigenvalue weighted by molar-refractivity contribution is 8.00. The van der Waals surface area contributed by atoms with Crippen molar-refractivity contribution in [3.63, 3.8) is 0 Å². The van der Waals surface area contributed by atoms with Gasteiger partial charge < -0.3 is 38.8 Å². The number of hydrogen-bond donors (Lipinski definition) is 1. The molecule has 0 radical (unpaired) electrons. The summed E-state index contributed by atoms with van der Waals surface area (Å²) in [6, 6.07) is 37.9. The Morgan fingerprint density at radius 3 is 1.91 bits per heavy atom. The number of rotatable bonds is 11. The molecule has 7 nitrogen and oxygen atoms in total. The molecule has 0 saturated carbocycles. The Labute approximate surface area is 284 Å². The van der Waals surface area contributed by atoms with Gasteiger partial charge in [-0.1, -0.05) is 66.7 Å². The van der Waals surface area contributed by atoms with Gasteiger partial charge in [0.05, 0.1) is 13.3 Å². The maximum absolute atomic E-state index is 14.0. The van der Waals surface area contributed by atoms with Gasteiger partial charge in [-0.3, -0.25) is 14.5 Å². The van der Waals surface area contributed by atoms with Gasteiger partial charge in [-0.15, -0.1) is 11.8 Å². The van der Waals surface area contributed by atoms with Crippen LogP contribution in [0.3, 0.4) is 0 Å². The van der Waals surface area contributed by atoms with Crippen molar-refractivity contribution < 1.29 is 47.8 Å². The number of benzene rings is 4. The van der Waals surface area contributed by atoms with Crippen molar-refractivity contribution in [2.45, 2.75) is 18.0 Å². The van der Waals surface area contributed by atoms with Gasteiger partial charge in [0, 0.05) is 11.3 Å². The van der Waals surface area contributed by atoms with Crippen molar-refractivity contribution in [2.75, 3.05) is 19.0 Å². The first-order valence-corrected chi connectivity index (χ1v) is 17.3. The van der Waals surface area contributed by atoms with Crippen LogP contribution in [0.15, 0.2) is 127 Å². The first-order chi connectivity index (χ1) is 21.6. The molecule has 0 bridgehead atoms. The molecule has 45 heavy (non-hydrogen) atoms. The van der Waals surface area contributed by atoms with Crippen LogP contribution in [-0.4, -0.2) is 53.6 Å². The number of nitrogens with one attached hydrogen (secondary N) is 1. The molecule has 1 fully saturated rings. The van der Waals surface area contributed by atoms with E-state index < -0.39 is 19.3 Å². The molecule has 2 atom stereocenters. The molecule has 10 heteroatoms. The lowest BCUT2D eigenvalue weighted by molar-refractivity contribution is -0.152. The Morgan fingerprint density at radius 2 is 1.42 bits per heavy atom. The second-order valence-electron chi connectivity index (χ2n) is 10.5. The third-order valence-corrected chi connectivity index (χ3v) is 13.8. The van der Waals surface area contributed by atoms with Crippen LogP contribution < -0.4 is 49.9 Å². The predicted molar refractivity (Wildman–Crippen MR) is 176 cm³/mol. The van der Waals surface area contributed by atoms with Crippen molar-refractivity contribution in [2.24, 2.45) is 0 Å². The maximum Gasteiger partial charge on any atom is 0.355 e. The Balaban J connectivity index is 0.00000400. The number of thioether (sulfide) groups is 1. The average Bonchev–Trinajstić information content (AvgIpc) is 3.09. The van der Waals surface area contributed by atoms with E-state index in [-0.39, 0.29) is 47.6 Å². The lowest BCUT2D eigenvalue weighted by atomic mass is 10.0. The molecule has 0 aromatic heterocycles. The van der Waals surface area contributed by atoms with Gasteiger partial charge in [0.2, 0.25) is 6.41 Å². The molecule has 2 aliphatic rings. The fourth-order valence-electron chi connectivity index (χ4n) is 5.88. The zero-order valence-corrected chi connectivity index (χ0v) is 28.4. The summed E-state index contributed by atoms with van der Waals surface area (Å²) < 4.78 is 11.1. The first kappa shape index (κ1) is 32.7. The van der Waals surface area contributed by atoms with E-state index in [2.05, 4.69) is 78.1 Å². The molecular weight excluding hydrogens is 718 g/mol. The van der Waals surface area contributed by atoms with Crippen LogP contribution in [0, 0.1) is 0 Å². The molecule has 4 aromatic rings. The van der Waals surface area contributed by atoms with Crippen molar-refractivity contribution in [3.8, 4) is 5.75 Å². The van der Waals surface area contributed by atoms with E-state index in [0.717, 1.165) is 11.1 Å². The highest BCUT2D eigenvalue weighted by Gasteiger charge is 2.56. The number of amides is 2. The summed E-state index contributed by atoms with van der Waals surface area (Å²) in [6.45, 7) is 0.0474. The zero-order valence-electron chi connectivity index (χ0n) is 24.5. The lowest BCUT2D eigenvalue weighted by Gasteiger charge is -2.49. The average molecular weight is 751 g/mol. The predicted octanol–water partition coefficient (Wildman–Crippen LogP) is 1.02. The molecule has 6 rings (SSSR count). The van der Waals surface area contributed by atoms with Crippen LogP contribution in [0.1, 0.15) is 5.56 Å². The third kappa shape index (κ3) is 6.39. The molecule has 2 amide bonds. The number of hydrogen-bond acceptors (Lipinski definition) is 6. The third-order valence-electron chi connectivity index (χ3n) is 8.04. The number of nitrogens with zero attached hydrogens (tertiary/aromatic N) is 1. The van der Waals surface area contributed by atoms with E-state index in [9.17, 15) is 14.4 Å². The largest absolute Gasteiger partial charge is 1.00 e. The molecule has 1 saturated heterocycles. The Morgan fingerprint density at radius 1 is 0.889 bits per heavy atom. The minimum Gasteiger partial charge on any atom is -1.00 e. The van der Waals surface area contributed by atoms with Gasteiger partial charge >= 0.3 is 5.97 Å². The van der Waals surface area contributed by atoms with E-state index in [1.54, 1.807) is 18.9 Å². The second-order valence-corrected chi connectivity index (χ2v) is 15.1. The highest BCUT2D eigenvalue weighted by Crippen LogP contribution is 2.58. The molecule has 1 N–H and O–H groups in total. The van der Waals surface area contributed by atoms with E-state index in [4.69, 9.17) is 9.47 Å². The number of fused-ring (bicyclic) bond motifs is 1. The normalized spacial score (nSPS) is 17.4. The number of methoxy groups -OCH3 is 1. The summed E-state index contributed by atoms with van der Waals surface area (Å²) in [5.74, 6) is 0.366. The summed E-state index contributed by atoms with van der Waals surface area (Å²) in [7, 11) is -0.760. The Bertz CT molecular complexity index is 1580. The number of ether oxygens (including phenoxy) is 2. The zero-order chi connectivity index (χ0) is 30.5. The number of carbonyl (C=O) groups excluding carboxylic acids is 3. The van der Waals surface area contributed by atoms with Gasteiger partial charge in [0.25, 0.3) is 5.91 Å². The fraction of sp³-hybridized carbons (Fsp3) is 0.171. The summed E-state index contributed by atoms with van der Waals surface area (Å²) >= 11 is 1.56. The van der Waals surface area contributed by atoms with Gasteiger partial charge in [-0.25, -0.2) is 4.79 Å². The summed E-state index contributed by atoms with van der Waals surface area (Å²) in [4.78, 5) is 40.2. The number of carbonyl (C=O) groups is 3. The van der Waals surface area contributed by atoms with E-state index in [0.29, 0.717) is 24.1 Å². The first-order valence-electron chi connectivity index (χ1n) is 14.3. The van der Waals surface area contributed by atoms with Gasteiger partial charge in [-0.2, -0.15) is 0 Å². The highest BCUT2D eigenvalue weighted by atomic mass is 127. The topological polar surface area (TPSA) is 84.9 Å². The van der Waals surface area contributed by atoms with Crippen LogP contribution in [0.5, 0.6) is 5.75 Å². The number of esters is 1. The molecule has 2 aliphatic heterocycles. The molecule has 230 valence electrons. The molecule has 4 aromatic carbocycles. The van der Waals surface area contributed by atoms with Crippen molar-refractivity contribution in [1.82, 2.24) is 10.2 Å². The smallest absolute Gasteiger partial charge is 0.355 e. The molecule has 1 unspecified atom stereocenters. The monoisotopic (exact) mass is 750 g/mol. The standard InChI is InChI=1S/C35H31N2O5PS.HI/c1-41-27-19-17-25(18-20-27)21-42-35(40)32-26(23-44-34-31(36-24-38)33(39)37(32)34)22-43(28-11-5-2-6-12-28,29-13-7-3-8-14-29)30-15-9-4-10-16-30;/h2-20,24,31,34H,21-23H2,1H3;1H/t31?,34-;/m1./s1. The van der Waals surface area contributed by atoms with Gasteiger partial charge in [0.15, 0.2) is 0 Å². The van der Waals surface area contributed by atoms with Crippen LogP contribution in [0.4, 0.5) is 0 Å². The molecule has 0 aliphatic carbocycles. The summed E-state index contributed by atoms with van der Waals surface area (Å²) in [5, 5.41) is 5.79. The quantitative estimate of drug-likeness (QED) is 0.0812. The Hall–Kier alpha value is -3.66. The minimum absolute atomic E-state index is 0. The van der Waals surface area contributed by atoms with Crippen molar-refractivity contribution >= 4 is 53.2 Å². The lowest BCUT2D eigenvalue weighted by Crippen LogP contribution is -3.00. The van der Waals surface area contributed by atoms with Gasteiger partial charge in [0.1, 0.15) is 52.6 Å². The van der Waals surface area contributed by atoms with E-state index in [1.165, 1.54) is 20.8 Å². The molecule has 0 spiro atoms. The van der Waals surface area contributed by atoms with Crippen LogP contribution >= 0.6 is 19.0 Å². The number of β-lactam (4-membered cyclic amide) rings is 1. The van der Waals surface area contributed by atoms with Crippen LogP contribution in [-0.2, 0) is 25.7 Å². The Kier molecular flexibility index (Phi) is 10.6. The number of halogens is 1. The molecular formula is C35H32IN2O5PS. The SMILES string of the molecule is COc1ccc(COC(=O)C2=C(C[P+](c3ccccc3)(c3ccccc3)c3ccccc3)CS[C@@H]3C(NC=O)C(=O)N23)cc1.[I-]. The van der Waals surface area contributed by atoms with E-state index in [1.807, 2.05) is 42.5 Å².